The number of rotatable bonds is 5. The predicted molar refractivity (Wildman–Crippen MR) is 135 cm³/mol. The molecule has 0 saturated carbocycles. The highest BCUT2D eigenvalue weighted by Crippen LogP contribution is 2.41. The number of hydrogen-bond acceptors (Lipinski definition) is 1. The summed E-state index contributed by atoms with van der Waals surface area (Å²) in [4.78, 5) is 0. The van der Waals surface area contributed by atoms with Crippen LogP contribution in [-0.2, 0) is 5.54 Å². The minimum Gasteiger partial charge on any atom is -1.00 e. The predicted octanol–water partition coefficient (Wildman–Crippen LogP) is 3.13. The maximum Gasteiger partial charge on any atom is 0.218 e. The second-order valence-electron chi connectivity index (χ2n) is 8.40. The van der Waals surface area contributed by atoms with E-state index in [2.05, 4.69) is 143 Å². The van der Waals surface area contributed by atoms with Crippen LogP contribution in [0.4, 0.5) is 0 Å². The molecule has 35 heavy (non-hydrogen) atoms. The van der Waals surface area contributed by atoms with Crippen molar-refractivity contribution < 1.29 is 21.4 Å². The lowest BCUT2D eigenvalue weighted by Crippen LogP contribution is -3.00. The Morgan fingerprint density at radius 1 is 0.571 bits per heavy atom. The van der Waals surface area contributed by atoms with Crippen molar-refractivity contribution in [2.75, 3.05) is 0 Å². The van der Waals surface area contributed by atoms with Crippen molar-refractivity contribution in [2.45, 2.75) is 5.54 Å². The first-order valence-electron chi connectivity index (χ1n) is 11.5. The van der Waals surface area contributed by atoms with Gasteiger partial charge < -0.3 is 17.0 Å². The Bertz CT molecular complexity index is 1440. The number of nitrogens with zero attached hydrogens (tertiary/aromatic N) is 3. The van der Waals surface area contributed by atoms with E-state index in [1.807, 2.05) is 12.3 Å². The zero-order valence-electron chi connectivity index (χ0n) is 19.1. The third kappa shape index (κ3) is 3.86. The second kappa shape index (κ2) is 9.69. The fourth-order valence-electron chi connectivity index (χ4n) is 4.96. The van der Waals surface area contributed by atoms with Crippen molar-refractivity contribution in [1.29, 1.82) is 0 Å². The Labute approximate surface area is 215 Å². The molecule has 0 atom stereocenters. The van der Waals surface area contributed by atoms with E-state index in [0.717, 1.165) is 33.3 Å². The van der Waals surface area contributed by atoms with Gasteiger partial charge >= 0.3 is 0 Å². The lowest BCUT2D eigenvalue weighted by atomic mass is 9.77. The van der Waals surface area contributed by atoms with Gasteiger partial charge in [-0.25, -0.2) is 0 Å². The first-order valence-corrected chi connectivity index (χ1v) is 11.5. The molecule has 6 rings (SSSR count). The molecular formula is C31H24BrN3. The summed E-state index contributed by atoms with van der Waals surface area (Å²) in [6.07, 6.45) is 8.30. The molecule has 0 aliphatic rings. The summed E-state index contributed by atoms with van der Waals surface area (Å²) in [6, 6.07) is 42.4. The number of benzene rings is 3. The molecule has 0 aliphatic carbocycles. The van der Waals surface area contributed by atoms with Gasteiger partial charge in [-0.15, -0.1) is 0 Å². The van der Waals surface area contributed by atoms with Crippen LogP contribution in [0.1, 0.15) is 16.7 Å². The van der Waals surface area contributed by atoms with Crippen LogP contribution in [0.15, 0.2) is 146 Å². The molecule has 3 aromatic carbocycles. The highest BCUT2D eigenvalue weighted by atomic mass is 79.9. The second-order valence-corrected chi connectivity index (χ2v) is 8.40. The maximum atomic E-state index is 5.01. The largest absolute Gasteiger partial charge is 1.00 e. The van der Waals surface area contributed by atoms with E-state index < -0.39 is 5.54 Å². The van der Waals surface area contributed by atoms with Crippen molar-refractivity contribution in [3.05, 3.63) is 163 Å². The summed E-state index contributed by atoms with van der Waals surface area (Å²) >= 11 is 0. The minimum atomic E-state index is -0.611. The van der Waals surface area contributed by atoms with E-state index in [1.54, 1.807) is 0 Å². The molecule has 3 heterocycles. The van der Waals surface area contributed by atoms with Crippen molar-refractivity contribution in [1.82, 2.24) is 9.78 Å². The molecule has 0 N–H and O–H groups in total. The van der Waals surface area contributed by atoms with E-state index in [1.165, 1.54) is 0 Å². The van der Waals surface area contributed by atoms with Gasteiger partial charge in [0.05, 0.1) is 11.8 Å². The molecule has 0 unspecified atom stereocenters. The summed E-state index contributed by atoms with van der Waals surface area (Å²) in [6.45, 7) is 0. The first-order chi connectivity index (χ1) is 16.9. The number of fused-ring (bicyclic) bond motifs is 1. The van der Waals surface area contributed by atoms with Gasteiger partial charge in [-0.2, -0.15) is 9.50 Å². The van der Waals surface area contributed by atoms with Crippen molar-refractivity contribution in [2.24, 2.45) is 0 Å². The van der Waals surface area contributed by atoms with Crippen molar-refractivity contribution in [3.63, 3.8) is 0 Å². The van der Waals surface area contributed by atoms with Gasteiger partial charge in [0.1, 0.15) is 5.54 Å². The topological polar surface area (TPSA) is 21.9 Å². The Morgan fingerprint density at radius 2 is 1.09 bits per heavy atom. The lowest BCUT2D eigenvalue weighted by molar-refractivity contribution is -0.511. The molecule has 4 heteroatoms. The first kappa shape index (κ1) is 22.8. The van der Waals surface area contributed by atoms with Crippen LogP contribution in [0.3, 0.4) is 0 Å². The SMILES string of the molecule is [Br-].c1ccc(C(c2ccccc2)(c2ccccc2)n2cc(-c3ccc[n+]4ccccc34)cn2)cc1. The zero-order valence-corrected chi connectivity index (χ0v) is 20.7. The van der Waals surface area contributed by atoms with Crippen LogP contribution in [0.5, 0.6) is 0 Å². The van der Waals surface area contributed by atoms with Crippen LogP contribution in [0, 0.1) is 0 Å². The molecule has 0 amide bonds. The lowest BCUT2D eigenvalue weighted by Gasteiger charge is -2.36. The quantitative estimate of drug-likeness (QED) is 0.254. The molecule has 0 fully saturated rings. The summed E-state index contributed by atoms with van der Waals surface area (Å²) in [5, 5.41) is 5.01. The fraction of sp³-hybridized carbons (Fsp3) is 0.0323. The minimum absolute atomic E-state index is 0. The third-order valence-corrected chi connectivity index (χ3v) is 6.49. The molecule has 0 aliphatic heterocycles. The highest BCUT2D eigenvalue weighted by molar-refractivity contribution is 5.76. The Kier molecular flexibility index (Phi) is 6.30. The summed E-state index contributed by atoms with van der Waals surface area (Å²) in [7, 11) is 0. The third-order valence-electron chi connectivity index (χ3n) is 6.49. The molecule has 0 radical (unpaired) electrons. The number of hydrogen-bond donors (Lipinski definition) is 0. The Morgan fingerprint density at radius 3 is 1.66 bits per heavy atom. The monoisotopic (exact) mass is 517 g/mol. The molecule has 3 aromatic heterocycles. The zero-order chi connectivity index (χ0) is 22.8. The highest BCUT2D eigenvalue weighted by Gasteiger charge is 2.39. The van der Waals surface area contributed by atoms with Gasteiger partial charge in [-0.1, -0.05) is 91.0 Å². The average Bonchev–Trinajstić information content (AvgIpc) is 3.41. The Hall–Kier alpha value is -4.02. The van der Waals surface area contributed by atoms with Gasteiger partial charge in [0.2, 0.25) is 5.52 Å². The summed E-state index contributed by atoms with van der Waals surface area (Å²) in [5.74, 6) is 0. The van der Waals surface area contributed by atoms with E-state index in [0.29, 0.717) is 0 Å². The molecular weight excluding hydrogens is 494 g/mol. The standard InChI is InChI=1S/C31H24N3.BrH/c1-4-13-26(14-5-1)31(27-15-6-2-7-16-27,28-17-8-3-9-18-28)34-24-25(23-32-34)29-19-12-22-33-21-11-10-20-30(29)33;/h1-24H;1H/q+1;/p-1. The fourth-order valence-corrected chi connectivity index (χ4v) is 4.96. The average molecular weight is 518 g/mol. The van der Waals surface area contributed by atoms with E-state index in [9.17, 15) is 0 Å². The molecule has 6 aromatic rings. The normalized spacial score (nSPS) is 11.2. The molecule has 170 valence electrons. The summed E-state index contributed by atoms with van der Waals surface area (Å²) in [5.41, 5.74) is 6.25. The van der Waals surface area contributed by atoms with Crippen LogP contribution in [-0.4, -0.2) is 9.78 Å². The number of halogens is 1. The van der Waals surface area contributed by atoms with Gasteiger partial charge in [0, 0.05) is 30.0 Å². The molecule has 3 nitrogen and oxygen atoms in total. The smallest absolute Gasteiger partial charge is 0.218 e. The van der Waals surface area contributed by atoms with E-state index >= 15 is 0 Å². The van der Waals surface area contributed by atoms with Gasteiger partial charge in [-0.3, -0.25) is 4.68 Å². The molecule has 0 spiro atoms. The van der Waals surface area contributed by atoms with E-state index in [4.69, 9.17) is 5.10 Å². The molecule has 0 bridgehead atoms. The van der Waals surface area contributed by atoms with Crippen LogP contribution >= 0.6 is 0 Å². The maximum absolute atomic E-state index is 5.01. The Balaban J connectivity index is 0.00000253. The van der Waals surface area contributed by atoms with Crippen molar-refractivity contribution >= 4 is 5.52 Å². The van der Waals surface area contributed by atoms with Gasteiger partial charge in [0.25, 0.3) is 0 Å². The van der Waals surface area contributed by atoms with Crippen molar-refractivity contribution in [3.8, 4) is 11.1 Å². The number of aromatic nitrogens is 3. The van der Waals surface area contributed by atoms with Gasteiger partial charge in [-0.05, 0) is 28.8 Å². The van der Waals surface area contributed by atoms with Gasteiger partial charge in [0.15, 0.2) is 12.4 Å². The molecule has 0 saturated heterocycles. The van der Waals surface area contributed by atoms with Crippen LogP contribution in [0.2, 0.25) is 0 Å². The number of pyridine rings is 2. The summed E-state index contributed by atoms with van der Waals surface area (Å²) < 4.78 is 4.26. The van der Waals surface area contributed by atoms with E-state index in [-0.39, 0.29) is 17.0 Å². The van der Waals surface area contributed by atoms with Crippen LogP contribution in [0.25, 0.3) is 16.6 Å². The van der Waals surface area contributed by atoms with Crippen LogP contribution < -0.4 is 21.4 Å².